The summed E-state index contributed by atoms with van der Waals surface area (Å²) in [5.41, 5.74) is 2.26. The zero-order chi connectivity index (χ0) is 12.8. The van der Waals surface area contributed by atoms with E-state index in [4.69, 9.17) is 0 Å². The Morgan fingerprint density at radius 3 is 2.78 bits per heavy atom. The van der Waals surface area contributed by atoms with E-state index in [0.717, 1.165) is 25.0 Å². The summed E-state index contributed by atoms with van der Waals surface area (Å²) in [5, 5.41) is 0. The lowest BCUT2D eigenvalue weighted by molar-refractivity contribution is -0.121. The smallest absolute Gasteiger partial charge is 0.141 e. The molecule has 0 spiro atoms. The van der Waals surface area contributed by atoms with Crippen molar-refractivity contribution in [2.24, 2.45) is 10.9 Å². The van der Waals surface area contributed by atoms with Crippen molar-refractivity contribution in [1.29, 1.82) is 0 Å². The van der Waals surface area contributed by atoms with Gasteiger partial charge in [-0.1, -0.05) is 36.4 Å². The minimum atomic E-state index is -0.0139. The summed E-state index contributed by atoms with van der Waals surface area (Å²) in [7, 11) is 0. The Labute approximate surface area is 108 Å². The first-order valence-corrected chi connectivity index (χ1v) is 6.52. The first kappa shape index (κ1) is 12.7. The van der Waals surface area contributed by atoms with Gasteiger partial charge in [-0.05, 0) is 24.8 Å². The molecule has 1 saturated carbocycles. The number of hydrogen-bond donors (Lipinski definition) is 0. The Balaban J connectivity index is 2.09. The fourth-order valence-electron chi connectivity index (χ4n) is 2.38. The highest BCUT2D eigenvalue weighted by molar-refractivity contribution is 6.07. The number of aliphatic imine (C=N–C) groups is 1. The van der Waals surface area contributed by atoms with Gasteiger partial charge >= 0.3 is 0 Å². The molecule has 1 atom stereocenters. The molecule has 2 rings (SSSR count). The van der Waals surface area contributed by atoms with Gasteiger partial charge in [0.05, 0.1) is 12.5 Å². The molecule has 0 N–H and O–H groups in total. The van der Waals surface area contributed by atoms with E-state index < -0.39 is 0 Å². The van der Waals surface area contributed by atoms with E-state index in [9.17, 15) is 4.79 Å². The van der Waals surface area contributed by atoms with Crippen molar-refractivity contribution in [3.63, 3.8) is 0 Å². The lowest BCUT2D eigenvalue weighted by Crippen LogP contribution is -2.28. The van der Waals surface area contributed by atoms with E-state index in [0.29, 0.717) is 18.7 Å². The molecule has 1 aliphatic carbocycles. The van der Waals surface area contributed by atoms with E-state index in [-0.39, 0.29) is 5.92 Å². The Bertz CT molecular complexity index is 447. The number of benzene rings is 1. The summed E-state index contributed by atoms with van der Waals surface area (Å²) in [6.45, 7) is 4.41. The second kappa shape index (κ2) is 6.29. The van der Waals surface area contributed by atoms with Crippen LogP contribution in [0.5, 0.6) is 0 Å². The van der Waals surface area contributed by atoms with Crippen molar-refractivity contribution in [3.05, 3.63) is 48.6 Å². The molecule has 1 fully saturated rings. The van der Waals surface area contributed by atoms with Crippen LogP contribution in [-0.2, 0) is 11.3 Å². The maximum absolute atomic E-state index is 11.9. The first-order chi connectivity index (χ1) is 8.81. The molecule has 2 heteroatoms. The number of carbonyl (C=O) groups excluding carboxylic acids is 1. The van der Waals surface area contributed by atoms with Crippen LogP contribution >= 0.6 is 0 Å². The maximum atomic E-state index is 11.9. The molecule has 18 heavy (non-hydrogen) atoms. The molecule has 1 unspecified atom stereocenters. The molecule has 1 aromatic carbocycles. The Hall–Kier alpha value is -1.70. The molecule has 1 aromatic rings. The van der Waals surface area contributed by atoms with E-state index in [1.54, 1.807) is 0 Å². The van der Waals surface area contributed by atoms with Crippen LogP contribution in [0.4, 0.5) is 0 Å². The lowest BCUT2D eigenvalue weighted by atomic mass is 9.84. The van der Waals surface area contributed by atoms with Crippen LogP contribution in [0.1, 0.15) is 31.2 Å². The summed E-state index contributed by atoms with van der Waals surface area (Å²) in [5.74, 6) is 0.313. The molecule has 0 bridgehead atoms. The quantitative estimate of drug-likeness (QED) is 0.741. The second-order valence-electron chi connectivity index (χ2n) is 4.69. The van der Waals surface area contributed by atoms with Gasteiger partial charge in [0, 0.05) is 12.1 Å². The van der Waals surface area contributed by atoms with Gasteiger partial charge in [0.15, 0.2) is 0 Å². The second-order valence-corrected chi connectivity index (χ2v) is 4.69. The van der Waals surface area contributed by atoms with Crippen LogP contribution in [0.3, 0.4) is 0 Å². The zero-order valence-electron chi connectivity index (χ0n) is 10.6. The largest absolute Gasteiger partial charge is 0.299 e. The van der Waals surface area contributed by atoms with Crippen molar-refractivity contribution in [2.45, 2.75) is 32.2 Å². The molecule has 0 amide bonds. The van der Waals surface area contributed by atoms with Crippen LogP contribution in [-0.4, -0.2) is 11.5 Å². The van der Waals surface area contributed by atoms with E-state index in [1.807, 2.05) is 24.3 Å². The molecule has 1 aliphatic rings. The third-order valence-electron chi connectivity index (χ3n) is 3.36. The fraction of sp³-hybridized carbons (Fsp3) is 0.375. The first-order valence-electron chi connectivity index (χ1n) is 6.52. The zero-order valence-corrected chi connectivity index (χ0v) is 10.6. The molecule has 0 saturated heterocycles. The number of rotatable bonds is 4. The monoisotopic (exact) mass is 241 g/mol. The highest BCUT2D eigenvalue weighted by atomic mass is 16.1. The SMILES string of the molecule is C=CCC1C(=O)CCCC1=NCc1ccccc1. The summed E-state index contributed by atoms with van der Waals surface area (Å²) >= 11 is 0. The van der Waals surface area contributed by atoms with Crippen LogP contribution in [0, 0.1) is 5.92 Å². The number of Topliss-reactive ketones (excluding diaryl/α,β-unsaturated/α-hetero) is 1. The van der Waals surface area contributed by atoms with E-state index in [1.165, 1.54) is 5.56 Å². The molecule has 0 aromatic heterocycles. The molecule has 0 radical (unpaired) electrons. The van der Waals surface area contributed by atoms with Gasteiger partial charge in [0.1, 0.15) is 5.78 Å². The third-order valence-corrected chi connectivity index (χ3v) is 3.36. The Morgan fingerprint density at radius 2 is 2.06 bits per heavy atom. The van der Waals surface area contributed by atoms with Crippen molar-refractivity contribution < 1.29 is 4.79 Å². The topological polar surface area (TPSA) is 29.4 Å². The van der Waals surface area contributed by atoms with Crippen LogP contribution < -0.4 is 0 Å². The Morgan fingerprint density at radius 1 is 1.28 bits per heavy atom. The van der Waals surface area contributed by atoms with Crippen LogP contribution in [0.25, 0.3) is 0 Å². The number of allylic oxidation sites excluding steroid dienone is 1. The molecule has 0 aliphatic heterocycles. The summed E-state index contributed by atoms with van der Waals surface area (Å²) < 4.78 is 0. The van der Waals surface area contributed by atoms with Gasteiger partial charge < -0.3 is 0 Å². The number of carbonyl (C=O) groups is 1. The van der Waals surface area contributed by atoms with E-state index in [2.05, 4.69) is 23.7 Å². The summed E-state index contributed by atoms with van der Waals surface area (Å²) in [4.78, 5) is 16.5. The molecular weight excluding hydrogens is 222 g/mol. The normalized spacial score (nSPS) is 22.1. The van der Waals surface area contributed by atoms with Gasteiger partial charge in [-0.2, -0.15) is 0 Å². The van der Waals surface area contributed by atoms with Crippen LogP contribution in [0.2, 0.25) is 0 Å². The van der Waals surface area contributed by atoms with E-state index >= 15 is 0 Å². The third kappa shape index (κ3) is 3.16. The van der Waals surface area contributed by atoms with Crippen molar-refractivity contribution in [1.82, 2.24) is 0 Å². The minimum Gasteiger partial charge on any atom is -0.299 e. The lowest BCUT2D eigenvalue weighted by Gasteiger charge is -2.22. The van der Waals surface area contributed by atoms with Gasteiger partial charge in [0.2, 0.25) is 0 Å². The molecule has 94 valence electrons. The minimum absolute atomic E-state index is 0.0139. The molecule has 0 heterocycles. The van der Waals surface area contributed by atoms with Crippen LogP contribution in [0.15, 0.2) is 48.0 Å². The van der Waals surface area contributed by atoms with Crippen molar-refractivity contribution in [2.75, 3.05) is 0 Å². The summed E-state index contributed by atoms with van der Waals surface area (Å²) in [6, 6.07) is 10.2. The average molecular weight is 241 g/mol. The average Bonchev–Trinajstić information content (AvgIpc) is 2.41. The predicted octanol–water partition coefficient (Wildman–Crippen LogP) is 3.57. The molecule has 2 nitrogen and oxygen atoms in total. The highest BCUT2D eigenvalue weighted by Crippen LogP contribution is 2.22. The standard InChI is InChI=1S/C16H19NO/c1-2-7-14-15(10-6-11-16(14)18)17-12-13-8-4-3-5-9-13/h2-5,8-9,14H,1,6-7,10-12H2. The predicted molar refractivity (Wildman–Crippen MR) is 74.7 cm³/mol. The summed E-state index contributed by atoms with van der Waals surface area (Å²) in [6.07, 6.45) is 5.15. The van der Waals surface area contributed by atoms with Gasteiger partial charge in [-0.3, -0.25) is 9.79 Å². The van der Waals surface area contributed by atoms with Crippen molar-refractivity contribution >= 4 is 11.5 Å². The maximum Gasteiger partial charge on any atom is 0.141 e. The number of hydrogen-bond acceptors (Lipinski definition) is 2. The number of nitrogens with zero attached hydrogens (tertiary/aromatic N) is 1. The van der Waals surface area contributed by atoms with Crippen molar-refractivity contribution in [3.8, 4) is 0 Å². The van der Waals surface area contributed by atoms with Gasteiger partial charge in [-0.25, -0.2) is 0 Å². The van der Waals surface area contributed by atoms with Gasteiger partial charge in [-0.15, -0.1) is 6.58 Å². The molecular formula is C16H19NO. The Kier molecular flexibility index (Phi) is 4.46. The van der Waals surface area contributed by atoms with Gasteiger partial charge in [0.25, 0.3) is 0 Å². The number of ketones is 1. The highest BCUT2D eigenvalue weighted by Gasteiger charge is 2.26. The fourth-order valence-corrected chi connectivity index (χ4v) is 2.38.